The van der Waals surface area contributed by atoms with Crippen LogP contribution in [0.1, 0.15) is 24.2 Å². The van der Waals surface area contributed by atoms with Gasteiger partial charge in [-0.15, -0.1) is 0 Å². The molecule has 4 heteroatoms. The lowest BCUT2D eigenvalue weighted by Gasteiger charge is -2.02. The molecule has 1 heterocycles. The molecule has 14 heavy (non-hydrogen) atoms. The van der Waals surface area contributed by atoms with Crippen LogP contribution in [0.15, 0.2) is 12.4 Å². The summed E-state index contributed by atoms with van der Waals surface area (Å²) in [4.78, 5) is 11.6. The van der Waals surface area contributed by atoms with Gasteiger partial charge in [0, 0.05) is 13.2 Å². The Balaban J connectivity index is 2.36. The zero-order valence-corrected chi connectivity index (χ0v) is 9.67. The molecule has 1 aromatic rings. The Labute approximate surface area is 88.9 Å². The number of aromatic nitrogens is 2. The van der Waals surface area contributed by atoms with Crippen molar-refractivity contribution in [2.75, 3.05) is 11.5 Å². The van der Waals surface area contributed by atoms with Crippen molar-refractivity contribution in [3.05, 3.63) is 18.0 Å². The molecule has 0 saturated heterocycles. The first-order valence-corrected chi connectivity index (χ1v) is 5.84. The van der Waals surface area contributed by atoms with Crippen LogP contribution in [-0.2, 0) is 7.05 Å². The van der Waals surface area contributed by atoms with E-state index >= 15 is 0 Å². The Hall–Kier alpha value is -0.770. The van der Waals surface area contributed by atoms with Crippen molar-refractivity contribution >= 4 is 17.5 Å². The van der Waals surface area contributed by atoms with Crippen LogP contribution < -0.4 is 0 Å². The number of thioether (sulfide) groups is 1. The number of carbonyl (C=O) groups excluding carboxylic acids is 1. The second-order valence-corrected chi connectivity index (χ2v) is 4.77. The summed E-state index contributed by atoms with van der Waals surface area (Å²) in [6, 6.07) is 0. The fraction of sp³-hybridized carbons (Fsp3) is 0.600. The molecule has 0 fully saturated rings. The Morgan fingerprint density at radius 1 is 1.64 bits per heavy atom. The molecule has 0 bridgehead atoms. The van der Waals surface area contributed by atoms with Crippen LogP contribution in [0, 0.1) is 5.92 Å². The molecular formula is C10H16N2OS. The predicted octanol–water partition coefficient (Wildman–Crippen LogP) is 1.99. The van der Waals surface area contributed by atoms with Gasteiger partial charge in [-0.1, -0.05) is 13.8 Å². The minimum Gasteiger partial charge on any atom is -0.293 e. The molecule has 3 nitrogen and oxygen atoms in total. The Morgan fingerprint density at radius 3 is 2.86 bits per heavy atom. The van der Waals surface area contributed by atoms with Gasteiger partial charge in [-0.05, 0) is 11.7 Å². The van der Waals surface area contributed by atoms with Gasteiger partial charge in [0.05, 0.1) is 17.5 Å². The lowest BCUT2D eigenvalue weighted by molar-refractivity contribution is 0.102. The van der Waals surface area contributed by atoms with Crippen molar-refractivity contribution in [1.29, 1.82) is 0 Å². The van der Waals surface area contributed by atoms with E-state index in [0.29, 0.717) is 17.2 Å². The molecular weight excluding hydrogens is 196 g/mol. The highest BCUT2D eigenvalue weighted by Gasteiger charge is 2.07. The van der Waals surface area contributed by atoms with Gasteiger partial charge in [0.15, 0.2) is 5.78 Å². The molecule has 0 aliphatic heterocycles. The normalized spacial score (nSPS) is 10.9. The number of Topliss-reactive ketones (excluding diaryl/α,β-unsaturated/α-hetero) is 1. The van der Waals surface area contributed by atoms with Gasteiger partial charge in [0.1, 0.15) is 0 Å². The van der Waals surface area contributed by atoms with E-state index < -0.39 is 0 Å². The third-order valence-electron chi connectivity index (χ3n) is 1.71. The molecule has 0 atom stereocenters. The maximum Gasteiger partial charge on any atom is 0.175 e. The number of hydrogen-bond acceptors (Lipinski definition) is 3. The maximum atomic E-state index is 11.6. The fourth-order valence-corrected chi connectivity index (χ4v) is 1.98. The summed E-state index contributed by atoms with van der Waals surface area (Å²) in [5, 5.41) is 3.97. The Bertz CT molecular complexity index is 307. The quantitative estimate of drug-likeness (QED) is 0.700. The van der Waals surface area contributed by atoms with Gasteiger partial charge in [0.2, 0.25) is 0 Å². The number of hydrogen-bond donors (Lipinski definition) is 0. The van der Waals surface area contributed by atoms with E-state index in [-0.39, 0.29) is 5.78 Å². The van der Waals surface area contributed by atoms with Gasteiger partial charge in [-0.25, -0.2) is 0 Å². The summed E-state index contributed by atoms with van der Waals surface area (Å²) >= 11 is 1.69. The smallest absolute Gasteiger partial charge is 0.175 e. The van der Waals surface area contributed by atoms with Crippen molar-refractivity contribution < 1.29 is 4.79 Å². The van der Waals surface area contributed by atoms with Gasteiger partial charge >= 0.3 is 0 Å². The van der Waals surface area contributed by atoms with Crippen molar-refractivity contribution in [2.24, 2.45) is 13.0 Å². The number of carbonyl (C=O) groups is 1. The number of aryl methyl sites for hydroxylation is 1. The molecule has 0 unspecified atom stereocenters. The Kier molecular flexibility index (Phi) is 4.20. The molecule has 1 aromatic heterocycles. The van der Waals surface area contributed by atoms with E-state index in [9.17, 15) is 4.79 Å². The molecule has 0 aliphatic rings. The summed E-state index contributed by atoms with van der Waals surface area (Å²) in [5.74, 6) is 2.40. The molecule has 78 valence electrons. The average molecular weight is 212 g/mol. The molecule has 0 saturated carbocycles. The van der Waals surface area contributed by atoms with Crippen molar-refractivity contribution in [3.8, 4) is 0 Å². The molecule has 1 rings (SSSR count). The molecule has 0 radical (unpaired) electrons. The molecule has 0 spiro atoms. The minimum atomic E-state index is 0.170. The highest BCUT2D eigenvalue weighted by atomic mass is 32.2. The van der Waals surface area contributed by atoms with E-state index in [0.717, 1.165) is 5.75 Å². The van der Waals surface area contributed by atoms with Crippen molar-refractivity contribution in [1.82, 2.24) is 9.78 Å². The zero-order chi connectivity index (χ0) is 10.6. The van der Waals surface area contributed by atoms with E-state index in [1.165, 1.54) is 0 Å². The van der Waals surface area contributed by atoms with E-state index in [1.54, 1.807) is 28.8 Å². The average Bonchev–Trinajstić information content (AvgIpc) is 2.51. The van der Waals surface area contributed by atoms with E-state index in [4.69, 9.17) is 0 Å². The number of rotatable bonds is 5. The number of ketones is 1. The van der Waals surface area contributed by atoms with E-state index in [1.807, 2.05) is 7.05 Å². The van der Waals surface area contributed by atoms with Gasteiger partial charge in [0.25, 0.3) is 0 Å². The highest BCUT2D eigenvalue weighted by Crippen LogP contribution is 2.10. The highest BCUT2D eigenvalue weighted by molar-refractivity contribution is 7.99. The lowest BCUT2D eigenvalue weighted by Crippen LogP contribution is -2.03. The SMILES string of the molecule is CC(C)CSCC(=O)c1cnn(C)c1. The summed E-state index contributed by atoms with van der Waals surface area (Å²) < 4.78 is 1.65. The third kappa shape index (κ3) is 3.54. The zero-order valence-electron chi connectivity index (χ0n) is 8.86. The van der Waals surface area contributed by atoms with Crippen LogP contribution >= 0.6 is 11.8 Å². The maximum absolute atomic E-state index is 11.6. The van der Waals surface area contributed by atoms with Gasteiger partial charge in [-0.3, -0.25) is 9.48 Å². The van der Waals surface area contributed by atoms with Crippen LogP contribution in [0.25, 0.3) is 0 Å². The first-order valence-electron chi connectivity index (χ1n) is 4.69. The monoisotopic (exact) mass is 212 g/mol. The predicted molar refractivity (Wildman–Crippen MR) is 59.7 cm³/mol. The van der Waals surface area contributed by atoms with Crippen LogP contribution in [-0.4, -0.2) is 27.1 Å². The molecule has 0 amide bonds. The largest absolute Gasteiger partial charge is 0.293 e. The Morgan fingerprint density at radius 2 is 2.36 bits per heavy atom. The second kappa shape index (κ2) is 5.20. The molecule has 0 aromatic carbocycles. The van der Waals surface area contributed by atoms with Crippen molar-refractivity contribution in [2.45, 2.75) is 13.8 Å². The third-order valence-corrected chi connectivity index (χ3v) is 3.08. The fourth-order valence-electron chi connectivity index (χ4n) is 1.04. The minimum absolute atomic E-state index is 0.170. The molecule has 0 N–H and O–H groups in total. The van der Waals surface area contributed by atoms with Crippen LogP contribution in [0.3, 0.4) is 0 Å². The first-order chi connectivity index (χ1) is 6.59. The summed E-state index contributed by atoms with van der Waals surface area (Å²) in [6.07, 6.45) is 3.39. The second-order valence-electron chi connectivity index (χ2n) is 3.73. The van der Waals surface area contributed by atoms with E-state index in [2.05, 4.69) is 18.9 Å². The topological polar surface area (TPSA) is 34.9 Å². The van der Waals surface area contributed by atoms with Crippen LogP contribution in [0.5, 0.6) is 0 Å². The first kappa shape index (κ1) is 11.3. The van der Waals surface area contributed by atoms with Crippen molar-refractivity contribution in [3.63, 3.8) is 0 Å². The summed E-state index contributed by atoms with van der Waals surface area (Å²) in [5.41, 5.74) is 0.712. The van der Waals surface area contributed by atoms with Gasteiger partial charge in [-0.2, -0.15) is 16.9 Å². The molecule has 0 aliphatic carbocycles. The number of nitrogens with zero attached hydrogens (tertiary/aromatic N) is 2. The van der Waals surface area contributed by atoms with Crippen LogP contribution in [0.4, 0.5) is 0 Å². The summed E-state index contributed by atoms with van der Waals surface area (Å²) in [7, 11) is 1.82. The lowest BCUT2D eigenvalue weighted by atomic mass is 10.3. The van der Waals surface area contributed by atoms with Gasteiger partial charge < -0.3 is 0 Å². The van der Waals surface area contributed by atoms with Crippen LogP contribution in [0.2, 0.25) is 0 Å². The standard InChI is InChI=1S/C10H16N2OS/c1-8(2)6-14-7-10(13)9-4-11-12(3)5-9/h4-5,8H,6-7H2,1-3H3. The summed E-state index contributed by atoms with van der Waals surface area (Å²) in [6.45, 7) is 4.31.